The second-order valence-electron chi connectivity index (χ2n) is 3.62. The number of benzene rings is 1. The Balaban J connectivity index is 2.40. The van der Waals surface area contributed by atoms with Crippen molar-refractivity contribution < 1.29 is 18.9 Å². The van der Waals surface area contributed by atoms with Crippen LogP contribution in [0.1, 0.15) is 0 Å². The van der Waals surface area contributed by atoms with Crippen molar-refractivity contribution in [3.63, 3.8) is 0 Å². The zero-order valence-electron chi connectivity index (χ0n) is 11.2. The highest BCUT2D eigenvalue weighted by atomic mass is 35.5. The second kappa shape index (κ2) is 6.29. The molecule has 0 fully saturated rings. The second-order valence-corrected chi connectivity index (χ2v) is 3.97. The average molecular weight is 297 g/mol. The highest BCUT2D eigenvalue weighted by Crippen LogP contribution is 2.42. The number of nitrogens with zero attached hydrogens (tertiary/aromatic N) is 2. The molecule has 7 heteroatoms. The topological polar surface area (TPSA) is 62.7 Å². The first-order valence-corrected chi connectivity index (χ1v) is 6.01. The Bertz CT molecular complexity index is 582. The Morgan fingerprint density at radius 1 is 0.900 bits per heavy atom. The van der Waals surface area contributed by atoms with Gasteiger partial charge in [0.1, 0.15) is 5.75 Å². The molecule has 1 aromatic carbocycles. The van der Waals surface area contributed by atoms with E-state index in [1.807, 2.05) is 0 Å². The fourth-order valence-electron chi connectivity index (χ4n) is 1.60. The van der Waals surface area contributed by atoms with Crippen molar-refractivity contribution in [2.24, 2.45) is 0 Å². The Morgan fingerprint density at radius 2 is 1.50 bits per heavy atom. The average Bonchev–Trinajstić information content (AvgIpc) is 2.48. The van der Waals surface area contributed by atoms with Crippen LogP contribution >= 0.6 is 11.6 Å². The summed E-state index contributed by atoms with van der Waals surface area (Å²) in [6.07, 6.45) is 2.96. The van der Waals surface area contributed by atoms with Crippen molar-refractivity contribution in [2.45, 2.75) is 0 Å². The SMILES string of the molecule is COc1cc(Oc2nccnc2Cl)cc(OC)c1OC. The maximum atomic E-state index is 5.89. The third-order valence-corrected chi connectivity index (χ3v) is 2.73. The van der Waals surface area contributed by atoms with Crippen LogP contribution in [0.15, 0.2) is 24.5 Å². The van der Waals surface area contributed by atoms with Crippen molar-refractivity contribution >= 4 is 11.6 Å². The van der Waals surface area contributed by atoms with E-state index in [1.54, 1.807) is 12.1 Å². The summed E-state index contributed by atoms with van der Waals surface area (Å²) in [5.41, 5.74) is 0. The van der Waals surface area contributed by atoms with Crippen molar-refractivity contribution in [1.82, 2.24) is 9.97 Å². The highest BCUT2D eigenvalue weighted by molar-refractivity contribution is 6.30. The van der Waals surface area contributed by atoms with Crippen molar-refractivity contribution in [3.8, 4) is 28.9 Å². The number of hydrogen-bond donors (Lipinski definition) is 0. The molecule has 0 aliphatic carbocycles. The standard InChI is InChI=1S/C13H13ClN2O4/c1-17-9-6-8(7-10(18-2)11(9)19-3)20-13-12(14)15-4-5-16-13/h4-7H,1-3H3. The molecule has 0 bridgehead atoms. The Hall–Kier alpha value is -2.21. The lowest BCUT2D eigenvalue weighted by atomic mass is 10.2. The summed E-state index contributed by atoms with van der Waals surface area (Å²) in [4.78, 5) is 7.88. The molecule has 0 atom stereocenters. The molecule has 2 rings (SSSR count). The number of ether oxygens (including phenoxy) is 4. The third-order valence-electron chi connectivity index (χ3n) is 2.48. The maximum absolute atomic E-state index is 5.89. The zero-order valence-corrected chi connectivity index (χ0v) is 12.0. The van der Waals surface area contributed by atoms with Gasteiger partial charge >= 0.3 is 0 Å². The summed E-state index contributed by atoms with van der Waals surface area (Å²) in [7, 11) is 4.58. The molecule has 0 saturated heterocycles. The van der Waals surface area contributed by atoms with Crippen LogP contribution in [-0.4, -0.2) is 31.3 Å². The largest absolute Gasteiger partial charge is 0.493 e. The lowest BCUT2D eigenvalue weighted by molar-refractivity contribution is 0.320. The van der Waals surface area contributed by atoms with Gasteiger partial charge in [0, 0.05) is 24.5 Å². The Morgan fingerprint density at radius 3 is 2.00 bits per heavy atom. The van der Waals surface area contributed by atoms with Crippen molar-refractivity contribution in [2.75, 3.05) is 21.3 Å². The van der Waals surface area contributed by atoms with E-state index in [0.717, 1.165) is 0 Å². The normalized spacial score (nSPS) is 10.0. The lowest BCUT2D eigenvalue weighted by Crippen LogP contribution is -1.97. The number of methoxy groups -OCH3 is 3. The molecule has 0 spiro atoms. The fourth-order valence-corrected chi connectivity index (χ4v) is 1.75. The van der Waals surface area contributed by atoms with Crippen LogP contribution < -0.4 is 18.9 Å². The molecule has 106 valence electrons. The van der Waals surface area contributed by atoms with Crippen LogP contribution in [0.25, 0.3) is 0 Å². The van der Waals surface area contributed by atoms with Crippen molar-refractivity contribution in [1.29, 1.82) is 0 Å². The van der Waals surface area contributed by atoms with Gasteiger partial charge in [0.25, 0.3) is 5.88 Å². The van der Waals surface area contributed by atoms with E-state index < -0.39 is 0 Å². The van der Waals surface area contributed by atoms with E-state index in [9.17, 15) is 0 Å². The van der Waals surface area contributed by atoms with Crippen molar-refractivity contribution in [3.05, 3.63) is 29.7 Å². The Kier molecular flexibility index (Phi) is 4.47. The van der Waals surface area contributed by atoms with E-state index >= 15 is 0 Å². The van der Waals surface area contributed by atoms with Gasteiger partial charge in [-0.3, -0.25) is 0 Å². The molecule has 2 aromatic rings. The number of aromatic nitrogens is 2. The van der Waals surface area contributed by atoms with Gasteiger partial charge in [-0.25, -0.2) is 9.97 Å². The molecule has 0 N–H and O–H groups in total. The zero-order chi connectivity index (χ0) is 14.5. The monoisotopic (exact) mass is 296 g/mol. The van der Waals surface area contributed by atoms with Gasteiger partial charge in [0.2, 0.25) is 5.75 Å². The molecule has 0 aliphatic rings. The van der Waals surface area contributed by atoms with E-state index in [-0.39, 0.29) is 11.0 Å². The first kappa shape index (κ1) is 14.2. The quantitative estimate of drug-likeness (QED) is 0.845. The first-order chi connectivity index (χ1) is 9.69. The summed E-state index contributed by atoms with van der Waals surface area (Å²) in [5.74, 6) is 2.07. The third kappa shape index (κ3) is 2.85. The summed E-state index contributed by atoms with van der Waals surface area (Å²) in [5, 5.41) is 0.168. The van der Waals surface area contributed by atoms with Gasteiger partial charge in [-0.2, -0.15) is 0 Å². The molecule has 0 amide bonds. The smallest absolute Gasteiger partial charge is 0.257 e. The fraction of sp³-hybridized carbons (Fsp3) is 0.231. The van der Waals surface area contributed by atoms with E-state index in [4.69, 9.17) is 30.5 Å². The minimum Gasteiger partial charge on any atom is -0.493 e. The summed E-state index contributed by atoms with van der Waals surface area (Å²) in [6, 6.07) is 3.29. The number of hydrogen-bond acceptors (Lipinski definition) is 6. The molecule has 0 unspecified atom stereocenters. The van der Waals surface area contributed by atoms with E-state index in [1.165, 1.54) is 33.7 Å². The Labute approximate surface area is 121 Å². The molecular formula is C13H13ClN2O4. The highest BCUT2D eigenvalue weighted by Gasteiger charge is 2.15. The molecule has 0 saturated carbocycles. The van der Waals surface area contributed by atoms with Gasteiger partial charge in [-0.1, -0.05) is 11.6 Å². The van der Waals surface area contributed by atoms with Crippen LogP contribution in [0, 0.1) is 0 Å². The molecule has 1 heterocycles. The summed E-state index contributed by atoms with van der Waals surface area (Å²) >= 11 is 5.89. The first-order valence-electron chi connectivity index (χ1n) is 5.64. The maximum Gasteiger partial charge on any atom is 0.257 e. The van der Waals surface area contributed by atoms with Gasteiger partial charge < -0.3 is 18.9 Å². The minimum absolute atomic E-state index is 0.168. The van der Waals surface area contributed by atoms with Gasteiger partial charge in [0.05, 0.1) is 21.3 Å². The molecular weight excluding hydrogens is 284 g/mol. The molecule has 20 heavy (non-hydrogen) atoms. The van der Waals surface area contributed by atoms with Gasteiger partial charge in [-0.05, 0) is 0 Å². The van der Waals surface area contributed by atoms with Crippen LogP contribution in [0.5, 0.6) is 28.9 Å². The molecule has 0 radical (unpaired) electrons. The van der Waals surface area contributed by atoms with E-state index in [2.05, 4.69) is 9.97 Å². The summed E-state index contributed by atoms with van der Waals surface area (Å²) in [6.45, 7) is 0. The predicted molar refractivity (Wildman–Crippen MR) is 73.2 cm³/mol. The predicted octanol–water partition coefficient (Wildman–Crippen LogP) is 2.95. The molecule has 6 nitrogen and oxygen atoms in total. The van der Waals surface area contributed by atoms with Crippen LogP contribution in [0.3, 0.4) is 0 Å². The molecule has 1 aromatic heterocycles. The number of rotatable bonds is 5. The number of halogens is 1. The van der Waals surface area contributed by atoms with E-state index in [0.29, 0.717) is 23.0 Å². The molecule has 0 aliphatic heterocycles. The van der Waals surface area contributed by atoms with Crippen LogP contribution in [0.4, 0.5) is 0 Å². The summed E-state index contributed by atoms with van der Waals surface area (Å²) < 4.78 is 21.3. The van der Waals surface area contributed by atoms with Crippen LogP contribution in [-0.2, 0) is 0 Å². The van der Waals surface area contributed by atoms with Crippen LogP contribution in [0.2, 0.25) is 5.15 Å². The minimum atomic E-state index is 0.168. The van der Waals surface area contributed by atoms with Gasteiger partial charge in [0.15, 0.2) is 16.7 Å². The van der Waals surface area contributed by atoms with Gasteiger partial charge in [-0.15, -0.1) is 0 Å². The lowest BCUT2D eigenvalue weighted by Gasteiger charge is -2.14.